The van der Waals surface area contributed by atoms with Crippen LogP contribution in [-0.2, 0) is 33.2 Å². The van der Waals surface area contributed by atoms with Gasteiger partial charge in [0.25, 0.3) is 0 Å². The normalized spacial score (nSPS) is 43.7. The highest BCUT2D eigenvalue weighted by Crippen LogP contribution is 2.82. The number of methoxy groups -OCH3 is 1. The van der Waals surface area contributed by atoms with Crippen molar-refractivity contribution in [3.8, 4) is 0 Å². The predicted octanol–water partition coefficient (Wildman–Crippen LogP) is 1.16. The highest BCUT2D eigenvalue weighted by Gasteiger charge is 2.95. The van der Waals surface area contributed by atoms with Crippen molar-refractivity contribution >= 4 is 11.9 Å². The highest BCUT2D eigenvalue weighted by molar-refractivity contribution is 5.89. The molecule has 3 N–H and O–H groups in total. The van der Waals surface area contributed by atoms with Gasteiger partial charge in [-0.25, -0.2) is 9.59 Å². The third kappa shape index (κ3) is 3.91. The Labute approximate surface area is 247 Å². The molecule has 11 atom stereocenters. The molecule has 4 saturated heterocycles. The van der Waals surface area contributed by atoms with Gasteiger partial charge < -0.3 is 48.5 Å². The molecule has 4 aliphatic heterocycles. The van der Waals surface area contributed by atoms with Crippen LogP contribution in [0.5, 0.6) is 0 Å². The van der Waals surface area contributed by atoms with Crippen LogP contribution in [0.1, 0.15) is 40.5 Å². The summed E-state index contributed by atoms with van der Waals surface area (Å²) in [4.78, 5) is 25.5. The molecule has 0 amide bonds. The molecule has 0 radical (unpaired) electrons. The molecule has 7 aliphatic rings. The first-order chi connectivity index (χ1) is 20.6. The summed E-state index contributed by atoms with van der Waals surface area (Å²) in [6.45, 7) is 1.33. The molecule has 43 heavy (non-hydrogen) atoms. The number of aliphatic hydroxyl groups excluding tert-OH is 3. The second-order valence-corrected chi connectivity index (χ2v) is 12.2. The van der Waals surface area contributed by atoms with E-state index in [-0.39, 0.29) is 12.5 Å². The van der Waals surface area contributed by atoms with Crippen LogP contribution >= 0.6 is 0 Å². The number of esters is 2. The van der Waals surface area contributed by atoms with Crippen molar-refractivity contribution in [2.75, 3.05) is 20.3 Å². The number of hydrogen-bond donors (Lipinski definition) is 3. The van der Waals surface area contributed by atoms with Gasteiger partial charge in [0.2, 0.25) is 0 Å². The fraction of sp³-hybridized carbons (Fsp3) is 0.548. The minimum absolute atomic E-state index is 0.122. The van der Waals surface area contributed by atoms with Crippen molar-refractivity contribution in [2.45, 2.75) is 73.8 Å². The molecule has 12 heteroatoms. The number of ether oxygens (including phenoxy) is 7. The van der Waals surface area contributed by atoms with E-state index in [1.807, 2.05) is 6.92 Å². The summed E-state index contributed by atoms with van der Waals surface area (Å²) in [5.41, 5.74) is -2.50. The molecule has 0 aromatic heterocycles. The van der Waals surface area contributed by atoms with Gasteiger partial charge in [-0.2, -0.15) is 0 Å². The second kappa shape index (κ2) is 10.0. The highest BCUT2D eigenvalue weighted by atomic mass is 16.8. The van der Waals surface area contributed by atoms with E-state index in [0.29, 0.717) is 24.0 Å². The van der Waals surface area contributed by atoms with Gasteiger partial charge >= 0.3 is 11.9 Å². The van der Waals surface area contributed by atoms with Crippen LogP contribution in [0.2, 0.25) is 0 Å². The lowest BCUT2D eigenvalue weighted by Gasteiger charge is -2.68. The molecule has 4 heterocycles. The number of rotatable bonds is 9. The summed E-state index contributed by atoms with van der Waals surface area (Å²) in [5, 5.41) is 32.4. The zero-order valence-electron chi connectivity index (χ0n) is 23.7. The van der Waals surface area contributed by atoms with Gasteiger partial charge in [-0.3, -0.25) is 0 Å². The van der Waals surface area contributed by atoms with Gasteiger partial charge in [-0.15, -0.1) is 0 Å². The molecule has 3 aliphatic carbocycles. The van der Waals surface area contributed by atoms with Gasteiger partial charge in [0.1, 0.15) is 48.8 Å². The molecule has 0 unspecified atom stereocenters. The Balaban J connectivity index is 1.14. The third-order valence-electron chi connectivity index (χ3n) is 10.1. The van der Waals surface area contributed by atoms with Crippen LogP contribution < -0.4 is 0 Å². The monoisotopic (exact) mass is 598 g/mol. The summed E-state index contributed by atoms with van der Waals surface area (Å²) >= 11 is 0. The van der Waals surface area contributed by atoms with E-state index in [4.69, 9.17) is 33.2 Å². The van der Waals surface area contributed by atoms with E-state index in [0.717, 1.165) is 0 Å². The average Bonchev–Trinajstić information content (AvgIpc) is 3.23. The Morgan fingerprint density at radius 1 is 0.884 bits per heavy atom. The minimum atomic E-state index is -1.66. The maximum absolute atomic E-state index is 13.0. The Kier molecular flexibility index (Phi) is 6.73. The number of carbonyl (C=O) groups is 2. The Morgan fingerprint density at radius 3 is 2.14 bits per heavy atom. The molecule has 6 bridgehead atoms. The molecule has 2 aromatic carbocycles. The first-order valence-electron chi connectivity index (χ1n) is 14.3. The average molecular weight is 599 g/mol. The van der Waals surface area contributed by atoms with Crippen LogP contribution in [0, 0.1) is 11.3 Å². The minimum Gasteiger partial charge on any atom is -0.461 e. The number of hydrogen-bond acceptors (Lipinski definition) is 12. The van der Waals surface area contributed by atoms with E-state index in [9.17, 15) is 24.9 Å². The smallest absolute Gasteiger partial charge is 0.338 e. The fourth-order valence-electron chi connectivity index (χ4n) is 7.91. The lowest BCUT2D eigenvalue weighted by Crippen LogP contribution is -2.81. The first-order valence-corrected chi connectivity index (χ1v) is 14.3. The van der Waals surface area contributed by atoms with Gasteiger partial charge in [-0.1, -0.05) is 36.4 Å². The third-order valence-corrected chi connectivity index (χ3v) is 10.1. The second-order valence-electron chi connectivity index (χ2n) is 12.2. The molecular formula is C31H34O12. The topological polar surface area (TPSA) is 159 Å². The molecule has 230 valence electrons. The van der Waals surface area contributed by atoms with Gasteiger partial charge in [0.05, 0.1) is 16.5 Å². The maximum Gasteiger partial charge on any atom is 0.338 e. The molecular weight excluding hydrogens is 564 g/mol. The number of carbonyl (C=O) groups excluding carboxylic acids is 2. The lowest BCUT2D eigenvalue weighted by atomic mass is 9.41. The largest absolute Gasteiger partial charge is 0.461 e. The molecule has 12 nitrogen and oxygen atoms in total. The molecule has 2 aromatic rings. The van der Waals surface area contributed by atoms with Crippen molar-refractivity contribution in [3.05, 3.63) is 71.8 Å². The maximum atomic E-state index is 13.0. The fourth-order valence-corrected chi connectivity index (χ4v) is 7.91. The molecule has 9 rings (SSSR count). The Bertz CT molecular complexity index is 1390. The van der Waals surface area contributed by atoms with Crippen LogP contribution in [-0.4, -0.2) is 102 Å². The summed E-state index contributed by atoms with van der Waals surface area (Å²) in [6, 6.07) is 16.9. The van der Waals surface area contributed by atoms with Gasteiger partial charge in [0.15, 0.2) is 18.4 Å². The number of benzene rings is 2. The van der Waals surface area contributed by atoms with E-state index in [1.54, 1.807) is 67.8 Å². The summed E-state index contributed by atoms with van der Waals surface area (Å²) < 4.78 is 42.4. The summed E-state index contributed by atoms with van der Waals surface area (Å²) in [6.07, 6.45) is -7.69. The standard InChI is InChI=1S/C31H34O12/c1-28-15-30(37-2)20-13-31(28,29(20,27(42-28)43-30)16-39-25(36)18-11-7-4-8-12-18)41-26-23(34)22(33)21(32)19(40-26)14-38-24(35)17-9-5-3-6-10-17/h3-12,19-23,26-27,32-34H,13-16H2,1-2H3/t19-,20-,21-,22+,23-,26+,27-,28+,29+,30-,31+/m1/s1. The molecule has 3 saturated carbocycles. The first kappa shape index (κ1) is 28.8. The van der Waals surface area contributed by atoms with Crippen LogP contribution in [0.15, 0.2) is 60.7 Å². The Hall–Kier alpha value is -2.94. The van der Waals surface area contributed by atoms with Crippen molar-refractivity contribution in [2.24, 2.45) is 11.3 Å². The summed E-state index contributed by atoms with van der Waals surface area (Å²) in [7, 11) is 1.56. The van der Waals surface area contributed by atoms with Crippen molar-refractivity contribution in [3.63, 3.8) is 0 Å². The van der Waals surface area contributed by atoms with E-state index in [1.165, 1.54) is 0 Å². The van der Waals surface area contributed by atoms with Crippen molar-refractivity contribution in [1.82, 2.24) is 0 Å². The van der Waals surface area contributed by atoms with Crippen LogP contribution in [0.3, 0.4) is 0 Å². The Morgan fingerprint density at radius 2 is 1.51 bits per heavy atom. The van der Waals surface area contributed by atoms with Gasteiger partial charge in [-0.05, 0) is 37.6 Å². The quantitative estimate of drug-likeness (QED) is 0.354. The van der Waals surface area contributed by atoms with Crippen LogP contribution in [0.4, 0.5) is 0 Å². The molecule has 0 spiro atoms. The predicted molar refractivity (Wildman–Crippen MR) is 143 cm³/mol. The van der Waals surface area contributed by atoms with Gasteiger partial charge in [0, 0.05) is 19.4 Å². The zero-order valence-corrected chi connectivity index (χ0v) is 23.7. The lowest BCUT2D eigenvalue weighted by molar-refractivity contribution is -0.427. The van der Waals surface area contributed by atoms with E-state index < -0.39 is 77.9 Å². The van der Waals surface area contributed by atoms with Crippen molar-refractivity contribution in [1.29, 1.82) is 0 Å². The zero-order chi connectivity index (χ0) is 30.2. The van der Waals surface area contributed by atoms with E-state index in [2.05, 4.69) is 0 Å². The molecule has 7 fully saturated rings. The van der Waals surface area contributed by atoms with Crippen LogP contribution in [0.25, 0.3) is 0 Å². The van der Waals surface area contributed by atoms with Crippen molar-refractivity contribution < 1.29 is 58.1 Å². The SMILES string of the molecule is CO[C@]12C[C@]3(C)O[C@H](O1)[C@]1(COC(=O)c4ccccc4)[C@H]2C[C@@]13O[C@@H]1O[C@H](COC(=O)c2ccccc2)[C@@H](O)[C@H](O)[C@H]1O. The number of aliphatic hydroxyl groups is 3. The summed E-state index contributed by atoms with van der Waals surface area (Å²) in [5.74, 6) is -2.41. The van der Waals surface area contributed by atoms with E-state index >= 15 is 0 Å².